The molecule has 0 saturated carbocycles. The molecule has 4 nitrogen and oxygen atoms in total. The fraction of sp³-hybridized carbons (Fsp3) is 0.154. The van der Waals surface area contributed by atoms with Gasteiger partial charge in [0.15, 0.2) is 0 Å². The lowest BCUT2D eigenvalue weighted by Crippen LogP contribution is -2.12. The van der Waals surface area contributed by atoms with Gasteiger partial charge in [0.1, 0.15) is 5.01 Å². The standard InChI is InChI=1S/C13H13N3OS/c1-9(8-11-6-4-3-5-7-11)12(17)14-13-16-15-10(2)18-13/h3-8H,1-2H3,(H,14,16,17)/b9-8+. The number of carbonyl (C=O) groups excluding carboxylic acids is 1. The molecule has 0 fully saturated rings. The van der Waals surface area contributed by atoms with Crippen LogP contribution in [0.1, 0.15) is 17.5 Å². The zero-order valence-corrected chi connectivity index (χ0v) is 11.0. The molecular weight excluding hydrogens is 246 g/mol. The van der Waals surface area contributed by atoms with Crippen LogP contribution in [0, 0.1) is 6.92 Å². The Kier molecular flexibility index (Phi) is 3.84. The number of aromatic nitrogens is 2. The number of benzene rings is 1. The minimum atomic E-state index is -0.157. The Morgan fingerprint density at radius 2 is 2.00 bits per heavy atom. The van der Waals surface area contributed by atoms with E-state index in [9.17, 15) is 4.79 Å². The number of rotatable bonds is 3. The van der Waals surface area contributed by atoms with Gasteiger partial charge in [-0.1, -0.05) is 41.7 Å². The summed E-state index contributed by atoms with van der Waals surface area (Å²) in [7, 11) is 0. The van der Waals surface area contributed by atoms with Gasteiger partial charge < -0.3 is 0 Å². The highest BCUT2D eigenvalue weighted by molar-refractivity contribution is 7.15. The Balaban J connectivity index is 2.07. The van der Waals surface area contributed by atoms with Gasteiger partial charge in [0.25, 0.3) is 5.91 Å². The van der Waals surface area contributed by atoms with Crippen molar-refractivity contribution in [2.45, 2.75) is 13.8 Å². The minimum absolute atomic E-state index is 0.157. The first-order valence-electron chi connectivity index (χ1n) is 5.50. The zero-order valence-electron chi connectivity index (χ0n) is 10.2. The van der Waals surface area contributed by atoms with Gasteiger partial charge >= 0.3 is 0 Å². The van der Waals surface area contributed by atoms with Crippen LogP contribution in [0.25, 0.3) is 6.08 Å². The molecule has 0 aliphatic heterocycles. The number of nitrogens with one attached hydrogen (secondary N) is 1. The van der Waals surface area contributed by atoms with Crippen LogP contribution in [-0.4, -0.2) is 16.1 Å². The Bertz CT molecular complexity index is 575. The van der Waals surface area contributed by atoms with Crippen LogP contribution < -0.4 is 5.32 Å². The number of amides is 1. The summed E-state index contributed by atoms with van der Waals surface area (Å²) in [6.45, 7) is 3.62. The van der Waals surface area contributed by atoms with Crippen LogP contribution in [0.4, 0.5) is 5.13 Å². The quantitative estimate of drug-likeness (QED) is 0.862. The molecule has 0 aliphatic carbocycles. The van der Waals surface area contributed by atoms with Crippen molar-refractivity contribution in [2.24, 2.45) is 0 Å². The lowest BCUT2D eigenvalue weighted by atomic mass is 10.1. The van der Waals surface area contributed by atoms with Crippen molar-refractivity contribution in [2.75, 3.05) is 5.32 Å². The van der Waals surface area contributed by atoms with E-state index >= 15 is 0 Å². The normalized spacial score (nSPS) is 11.3. The second-order valence-corrected chi connectivity index (χ2v) is 5.00. The van der Waals surface area contributed by atoms with Crippen LogP contribution in [0.15, 0.2) is 35.9 Å². The first kappa shape index (κ1) is 12.4. The van der Waals surface area contributed by atoms with Crippen molar-refractivity contribution >= 4 is 28.5 Å². The maximum absolute atomic E-state index is 11.9. The molecule has 0 radical (unpaired) electrons. The monoisotopic (exact) mass is 259 g/mol. The number of hydrogen-bond donors (Lipinski definition) is 1. The van der Waals surface area contributed by atoms with E-state index in [0.29, 0.717) is 10.7 Å². The van der Waals surface area contributed by atoms with E-state index in [1.807, 2.05) is 43.3 Å². The molecule has 1 heterocycles. The van der Waals surface area contributed by atoms with Gasteiger partial charge in [-0.2, -0.15) is 0 Å². The van der Waals surface area contributed by atoms with Gasteiger partial charge in [0.05, 0.1) is 0 Å². The molecule has 0 aliphatic rings. The van der Waals surface area contributed by atoms with Crippen LogP contribution in [0.2, 0.25) is 0 Å². The molecule has 18 heavy (non-hydrogen) atoms. The zero-order chi connectivity index (χ0) is 13.0. The topological polar surface area (TPSA) is 54.9 Å². The molecule has 0 atom stereocenters. The van der Waals surface area contributed by atoms with E-state index in [0.717, 1.165) is 10.6 Å². The molecule has 1 aromatic heterocycles. The number of hydrogen-bond acceptors (Lipinski definition) is 4. The fourth-order valence-electron chi connectivity index (χ4n) is 1.41. The molecular formula is C13H13N3OS. The molecule has 0 unspecified atom stereocenters. The number of anilines is 1. The Hall–Kier alpha value is -2.01. The molecule has 0 spiro atoms. The Morgan fingerprint density at radius 1 is 1.28 bits per heavy atom. The molecule has 0 bridgehead atoms. The van der Waals surface area contributed by atoms with E-state index < -0.39 is 0 Å². The van der Waals surface area contributed by atoms with Gasteiger partial charge in [0.2, 0.25) is 5.13 Å². The Morgan fingerprint density at radius 3 is 2.61 bits per heavy atom. The SMILES string of the molecule is C/C(=C\c1ccccc1)C(=O)Nc1nnc(C)s1. The van der Waals surface area contributed by atoms with Crippen LogP contribution in [0.3, 0.4) is 0 Å². The van der Waals surface area contributed by atoms with Crippen molar-refractivity contribution in [3.05, 3.63) is 46.5 Å². The highest BCUT2D eigenvalue weighted by Gasteiger charge is 2.07. The summed E-state index contributed by atoms with van der Waals surface area (Å²) in [5.41, 5.74) is 1.63. The molecule has 5 heteroatoms. The van der Waals surface area contributed by atoms with Crippen LogP contribution in [0.5, 0.6) is 0 Å². The molecule has 1 amide bonds. The van der Waals surface area contributed by atoms with Crippen LogP contribution >= 0.6 is 11.3 Å². The third kappa shape index (κ3) is 3.24. The predicted octanol–water partition coefficient (Wildman–Crippen LogP) is 2.89. The van der Waals surface area contributed by atoms with Crippen molar-refractivity contribution in [1.29, 1.82) is 0 Å². The van der Waals surface area contributed by atoms with Gasteiger partial charge in [-0.25, -0.2) is 0 Å². The van der Waals surface area contributed by atoms with Crippen LogP contribution in [-0.2, 0) is 4.79 Å². The summed E-state index contributed by atoms with van der Waals surface area (Å²) < 4.78 is 0. The average molecular weight is 259 g/mol. The lowest BCUT2D eigenvalue weighted by molar-refractivity contribution is -0.112. The fourth-order valence-corrected chi connectivity index (χ4v) is 1.99. The second-order valence-electron chi connectivity index (χ2n) is 3.82. The summed E-state index contributed by atoms with van der Waals surface area (Å²) >= 11 is 1.36. The van der Waals surface area contributed by atoms with Gasteiger partial charge in [-0.15, -0.1) is 10.2 Å². The van der Waals surface area contributed by atoms with Gasteiger partial charge in [0, 0.05) is 5.57 Å². The maximum Gasteiger partial charge on any atom is 0.253 e. The molecule has 2 aromatic rings. The van der Waals surface area contributed by atoms with Crippen molar-refractivity contribution in [3.63, 3.8) is 0 Å². The third-order valence-corrected chi connectivity index (χ3v) is 3.04. The van der Waals surface area contributed by atoms with E-state index in [1.165, 1.54) is 11.3 Å². The smallest absolute Gasteiger partial charge is 0.253 e. The Labute approximate surface area is 109 Å². The minimum Gasteiger partial charge on any atom is -0.297 e. The van der Waals surface area contributed by atoms with Gasteiger partial charge in [-0.3, -0.25) is 10.1 Å². The number of aryl methyl sites for hydroxylation is 1. The molecule has 2 rings (SSSR count). The van der Waals surface area contributed by atoms with Crippen molar-refractivity contribution in [1.82, 2.24) is 10.2 Å². The predicted molar refractivity (Wildman–Crippen MR) is 73.4 cm³/mol. The molecule has 0 saturated heterocycles. The van der Waals surface area contributed by atoms with Gasteiger partial charge in [-0.05, 0) is 25.5 Å². The van der Waals surface area contributed by atoms with E-state index in [4.69, 9.17) is 0 Å². The summed E-state index contributed by atoms with van der Waals surface area (Å²) in [4.78, 5) is 11.9. The first-order valence-corrected chi connectivity index (χ1v) is 6.31. The van der Waals surface area contributed by atoms with E-state index in [1.54, 1.807) is 6.92 Å². The lowest BCUT2D eigenvalue weighted by Gasteiger charge is -2.01. The number of carbonyl (C=O) groups is 1. The highest BCUT2D eigenvalue weighted by atomic mass is 32.1. The summed E-state index contributed by atoms with van der Waals surface area (Å²) in [6.07, 6.45) is 1.84. The first-order chi connectivity index (χ1) is 8.65. The summed E-state index contributed by atoms with van der Waals surface area (Å²) in [5, 5.41) is 11.8. The number of nitrogens with zero attached hydrogens (tertiary/aromatic N) is 2. The summed E-state index contributed by atoms with van der Waals surface area (Å²) in [6, 6.07) is 9.71. The molecule has 1 aromatic carbocycles. The van der Waals surface area contributed by atoms with E-state index in [2.05, 4.69) is 15.5 Å². The van der Waals surface area contributed by atoms with Crippen molar-refractivity contribution in [3.8, 4) is 0 Å². The summed E-state index contributed by atoms with van der Waals surface area (Å²) in [5.74, 6) is -0.157. The van der Waals surface area contributed by atoms with Crippen molar-refractivity contribution < 1.29 is 4.79 Å². The average Bonchev–Trinajstić information content (AvgIpc) is 2.76. The largest absolute Gasteiger partial charge is 0.297 e. The molecule has 1 N–H and O–H groups in total. The maximum atomic E-state index is 11.9. The second kappa shape index (κ2) is 5.55. The third-order valence-electron chi connectivity index (χ3n) is 2.29. The highest BCUT2D eigenvalue weighted by Crippen LogP contribution is 2.15. The van der Waals surface area contributed by atoms with E-state index in [-0.39, 0.29) is 5.91 Å². The molecule has 92 valence electrons.